The van der Waals surface area contributed by atoms with E-state index >= 15 is 0 Å². The van der Waals surface area contributed by atoms with Gasteiger partial charge in [-0.1, -0.05) is 18.6 Å². The van der Waals surface area contributed by atoms with E-state index < -0.39 is 10.0 Å². The first kappa shape index (κ1) is 18.4. The van der Waals surface area contributed by atoms with Crippen molar-refractivity contribution in [1.29, 1.82) is 0 Å². The predicted molar refractivity (Wildman–Crippen MR) is 96.8 cm³/mol. The molecule has 25 heavy (non-hydrogen) atoms. The number of rotatable bonds is 6. The van der Waals surface area contributed by atoms with Gasteiger partial charge < -0.3 is 4.90 Å². The van der Waals surface area contributed by atoms with E-state index in [1.807, 2.05) is 4.90 Å². The largest absolute Gasteiger partial charge is 0.339 e. The number of hydrogen-bond donors (Lipinski definition) is 1. The first-order chi connectivity index (χ1) is 12.0. The van der Waals surface area contributed by atoms with Crippen LogP contribution >= 0.6 is 0 Å². The molecule has 3 rings (SSSR count). The van der Waals surface area contributed by atoms with E-state index in [4.69, 9.17) is 0 Å². The van der Waals surface area contributed by atoms with Gasteiger partial charge in [-0.05, 0) is 57.1 Å². The van der Waals surface area contributed by atoms with E-state index in [1.165, 1.54) is 39.4 Å². The summed E-state index contributed by atoms with van der Waals surface area (Å²) in [6, 6.07) is 7.28. The Bertz CT molecular complexity index is 691. The highest BCUT2D eigenvalue weighted by Crippen LogP contribution is 2.21. The molecule has 2 heterocycles. The van der Waals surface area contributed by atoms with Crippen molar-refractivity contribution in [2.45, 2.75) is 43.0 Å². The van der Waals surface area contributed by atoms with Gasteiger partial charge >= 0.3 is 0 Å². The highest BCUT2D eigenvalue weighted by molar-refractivity contribution is 7.89. The zero-order valence-corrected chi connectivity index (χ0v) is 15.6. The molecule has 0 spiro atoms. The van der Waals surface area contributed by atoms with Crippen molar-refractivity contribution in [2.75, 3.05) is 33.2 Å². The minimum absolute atomic E-state index is 0.195. The molecule has 6 nitrogen and oxygen atoms in total. The average Bonchev–Trinajstić information content (AvgIpc) is 2.60. The van der Waals surface area contributed by atoms with Crippen molar-refractivity contribution >= 4 is 15.9 Å². The molecule has 138 valence electrons. The van der Waals surface area contributed by atoms with E-state index in [1.54, 1.807) is 24.3 Å². The van der Waals surface area contributed by atoms with Crippen molar-refractivity contribution in [2.24, 2.45) is 0 Å². The summed E-state index contributed by atoms with van der Waals surface area (Å²) < 4.78 is 25.7. The maximum Gasteiger partial charge on any atom is 0.240 e. The monoisotopic (exact) mass is 365 g/mol. The number of benzene rings is 1. The summed E-state index contributed by atoms with van der Waals surface area (Å²) in [7, 11) is -2.01. The van der Waals surface area contributed by atoms with Gasteiger partial charge in [0.2, 0.25) is 15.9 Å². The van der Waals surface area contributed by atoms with E-state index in [0.29, 0.717) is 18.9 Å². The third-order valence-electron chi connectivity index (χ3n) is 5.25. The van der Waals surface area contributed by atoms with Gasteiger partial charge in [-0.2, -0.15) is 0 Å². The molecular formula is C18H27N3O3S. The van der Waals surface area contributed by atoms with Crippen molar-refractivity contribution in [3.8, 4) is 0 Å². The zero-order chi connectivity index (χ0) is 17.9. The lowest BCUT2D eigenvalue weighted by atomic mass is 10.0. The van der Waals surface area contributed by atoms with Crippen LogP contribution in [-0.4, -0.2) is 63.4 Å². The number of amides is 1. The molecule has 7 heteroatoms. The second kappa shape index (κ2) is 7.85. The summed E-state index contributed by atoms with van der Waals surface area (Å²) in [6.07, 6.45) is 5.02. The Balaban J connectivity index is 1.44. The number of sulfonamides is 1. The Morgan fingerprint density at radius 3 is 2.36 bits per heavy atom. The van der Waals surface area contributed by atoms with Crippen LogP contribution in [0.15, 0.2) is 29.2 Å². The Labute approximate surface area is 150 Å². The quantitative estimate of drug-likeness (QED) is 0.823. The van der Waals surface area contributed by atoms with E-state index in [9.17, 15) is 13.2 Å². The molecule has 0 bridgehead atoms. The van der Waals surface area contributed by atoms with E-state index in [2.05, 4.69) is 9.62 Å². The van der Waals surface area contributed by atoms with Crippen molar-refractivity contribution in [1.82, 2.24) is 14.5 Å². The zero-order valence-electron chi connectivity index (χ0n) is 14.8. The standard InChI is InChI=1S/C18H27N3O3S/c1-19-25(23,24)17-8-5-15(6-9-17)7-10-18(22)21-13-16(14-21)20-11-3-2-4-12-20/h5-6,8-9,16,19H,2-4,7,10-14H2,1H3. The first-order valence-electron chi connectivity index (χ1n) is 9.04. The molecule has 2 saturated heterocycles. The molecule has 0 saturated carbocycles. The van der Waals surface area contributed by atoms with Crippen LogP contribution in [0.1, 0.15) is 31.2 Å². The van der Waals surface area contributed by atoms with Crippen molar-refractivity contribution in [3.63, 3.8) is 0 Å². The van der Waals surface area contributed by atoms with Gasteiger partial charge in [0, 0.05) is 25.6 Å². The Morgan fingerprint density at radius 1 is 1.12 bits per heavy atom. The first-order valence-corrected chi connectivity index (χ1v) is 10.5. The molecule has 0 unspecified atom stereocenters. The Kier molecular flexibility index (Phi) is 5.76. The molecule has 0 aliphatic carbocycles. The number of likely N-dealkylation sites (tertiary alicyclic amines) is 2. The van der Waals surface area contributed by atoms with Crippen LogP contribution in [0.4, 0.5) is 0 Å². The van der Waals surface area contributed by atoms with Crippen LogP contribution in [-0.2, 0) is 21.2 Å². The molecule has 1 aromatic rings. The van der Waals surface area contributed by atoms with Gasteiger partial charge in [-0.15, -0.1) is 0 Å². The third kappa shape index (κ3) is 4.40. The summed E-state index contributed by atoms with van der Waals surface area (Å²) in [5, 5.41) is 0. The molecular weight excluding hydrogens is 338 g/mol. The number of carbonyl (C=O) groups excluding carboxylic acids is 1. The van der Waals surface area contributed by atoms with Gasteiger partial charge in [-0.25, -0.2) is 13.1 Å². The maximum absolute atomic E-state index is 12.3. The molecule has 2 aliphatic rings. The fraction of sp³-hybridized carbons (Fsp3) is 0.611. The van der Waals surface area contributed by atoms with Crippen LogP contribution in [0.3, 0.4) is 0 Å². The topological polar surface area (TPSA) is 69.7 Å². The lowest BCUT2D eigenvalue weighted by molar-refractivity contribution is -0.138. The molecule has 2 aliphatic heterocycles. The number of nitrogens with one attached hydrogen (secondary N) is 1. The second-order valence-electron chi connectivity index (χ2n) is 6.90. The second-order valence-corrected chi connectivity index (χ2v) is 8.79. The SMILES string of the molecule is CNS(=O)(=O)c1ccc(CCC(=O)N2CC(N3CCCCC3)C2)cc1. The van der Waals surface area contributed by atoms with Gasteiger partial charge in [0.05, 0.1) is 4.90 Å². The molecule has 2 fully saturated rings. The van der Waals surface area contributed by atoms with Gasteiger partial charge in [0.1, 0.15) is 0 Å². The fourth-order valence-electron chi connectivity index (χ4n) is 3.54. The third-order valence-corrected chi connectivity index (χ3v) is 6.68. The number of carbonyl (C=O) groups is 1. The summed E-state index contributed by atoms with van der Waals surface area (Å²) >= 11 is 0. The van der Waals surface area contributed by atoms with Crippen LogP contribution < -0.4 is 4.72 Å². The highest BCUT2D eigenvalue weighted by Gasteiger charge is 2.34. The van der Waals surface area contributed by atoms with Crippen LogP contribution in [0, 0.1) is 0 Å². The number of piperidine rings is 1. The minimum Gasteiger partial charge on any atom is -0.339 e. The summed E-state index contributed by atoms with van der Waals surface area (Å²) in [5.41, 5.74) is 0.983. The highest BCUT2D eigenvalue weighted by atomic mass is 32.2. The Hall–Kier alpha value is -1.44. The van der Waals surface area contributed by atoms with Gasteiger partial charge in [0.15, 0.2) is 0 Å². The molecule has 1 amide bonds. The Morgan fingerprint density at radius 2 is 1.76 bits per heavy atom. The van der Waals surface area contributed by atoms with E-state index in [-0.39, 0.29) is 10.8 Å². The smallest absolute Gasteiger partial charge is 0.240 e. The normalized spacial score (nSPS) is 19.6. The minimum atomic E-state index is -3.40. The predicted octanol–water partition coefficient (Wildman–Crippen LogP) is 1.22. The lowest BCUT2D eigenvalue weighted by Gasteiger charge is -2.46. The van der Waals surface area contributed by atoms with Crippen molar-refractivity contribution in [3.05, 3.63) is 29.8 Å². The number of hydrogen-bond acceptors (Lipinski definition) is 4. The number of aryl methyl sites for hydroxylation is 1. The summed E-state index contributed by atoms with van der Waals surface area (Å²) in [4.78, 5) is 17.0. The van der Waals surface area contributed by atoms with E-state index in [0.717, 1.165) is 18.7 Å². The average molecular weight is 365 g/mol. The van der Waals surface area contributed by atoms with Crippen molar-refractivity contribution < 1.29 is 13.2 Å². The molecule has 0 radical (unpaired) electrons. The van der Waals surface area contributed by atoms with Gasteiger partial charge in [0.25, 0.3) is 0 Å². The molecule has 1 N–H and O–H groups in total. The van der Waals surface area contributed by atoms with Gasteiger partial charge in [-0.3, -0.25) is 9.69 Å². The van der Waals surface area contributed by atoms with Crippen LogP contribution in [0.5, 0.6) is 0 Å². The number of nitrogens with zero attached hydrogens (tertiary/aromatic N) is 2. The summed E-state index contributed by atoms with van der Waals surface area (Å²) in [5.74, 6) is 0.195. The summed E-state index contributed by atoms with van der Waals surface area (Å²) in [6.45, 7) is 4.07. The lowest BCUT2D eigenvalue weighted by Crippen LogP contribution is -2.61. The van der Waals surface area contributed by atoms with Crippen LogP contribution in [0.25, 0.3) is 0 Å². The fourth-order valence-corrected chi connectivity index (χ4v) is 4.27. The maximum atomic E-state index is 12.3. The van der Waals surface area contributed by atoms with Crippen LogP contribution in [0.2, 0.25) is 0 Å². The molecule has 0 aromatic heterocycles. The molecule has 1 aromatic carbocycles. The molecule has 0 atom stereocenters.